The van der Waals surface area contributed by atoms with Gasteiger partial charge in [-0.2, -0.15) is 0 Å². The predicted octanol–water partition coefficient (Wildman–Crippen LogP) is 3.82. The van der Waals surface area contributed by atoms with Crippen molar-refractivity contribution < 1.29 is 0 Å². The molecule has 3 N–H and O–H groups in total. The molecule has 0 unspecified atom stereocenters. The zero-order valence-corrected chi connectivity index (χ0v) is 12.7. The Kier molecular flexibility index (Phi) is 4.10. The molecule has 0 spiro atoms. The maximum absolute atomic E-state index is 5.98. The van der Waals surface area contributed by atoms with Crippen molar-refractivity contribution in [2.75, 3.05) is 17.6 Å². The van der Waals surface area contributed by atoms with Gasteiger partial charge in [0.05, 0.1) is 11.4 Å². The molecule has 2 rings (SSSR count). The van der Waals surface area contributed by atoms with Crippen LogP contribution in [0.15, 0.2) is 47.1 Å². The Morgan fingerprint density at radius 3 is 2.68 bits per heavy atom. The van der Waals surface area contributed by atoms with Gasteiger partial charge >= 0.3 is 0 Å². The summed E-state index contributed by atoms with van der Waals surface area (Å²) in [7, 11) is 0. The van der Waals surface area contributed by atoms with Crippen molar-refractivity contribution in [3.05, 3.63) is 52.8 Å². The molecule has 1 aromatic carbocycles. The molecule has 0 aliphatic heterocycles. The number of hydrogen-bond acceptors (Lipinski definition) is 3. The molecule has 2 aromatic rings. The molecule has 0 amide bonds. The third kappa shape index (κ3) is 3.47. The van der Waals surface area contributed by atoms with E-state index < -0.39 is 0 Å². The van der Waals surface area contributed by atoms with Crippen molar-refractivity contribution in [1.29, 1.82) is 0 Å². The highest BCUT2D eigenvalue weighted by molar-refractivity contribution is 9.10. The standard InChI is InChI=1S/C15H18BrN3/c1-15(2,14-5-3-4-8-18-14)10-19-13-7-6-11(16)9-12(13)17/h3-9,19H,10,17H2,1-2H3. The lowest BCUT2D eigenvalue weighted by atomic mass is 9.88. The van der Waals surface area contributed by atoms with Crippen molar-refractivity contribution >= 4 is 27.3 Å². The van der Waals surface area contributed by atoms with Crippen LogP contribution in [-0.2, 0) is 5.41 Å². The Morgan fingerprint density at radius 1 is 1.26 bits per heavy atom. The maximum atomic E-state index is 5.98. The van der Waals surface area contributed by atoms with E-state index in [2.05, 4.69) is 40.1 Å². The third-order valence-electron chi connectivity index (χ3n) is 3.09. The largest absolute Gasteiger partial charge is 0.397 e. The highest BCUT2D eigenvalue weighted by Gasteiger charge is 2.21. The molecule has 100 valence electrons. The number of rotatable bonds is 4. The second-order valence-electron chi connectivity index (χ2n) is 5.18. The van der Waals surface area contributed by atoms with Crippen LogP contribution in [0.5, 0.6) is 0 Å². The molecular weight excluding hydrogens is 302 g/mol. The van der Waals surface area contributed by atoms with Gasteiger partial charge in [0.1, 0.15) is 0 Å². The predicted molar refractivity (Wildman–Crippen MR) is 84.3 cm³/mol. The van der Waals surface area contributed by atoms with E-state index in [0.29, 0.717) is 0 Å². The van der Waals surface area contributed by atoms with Gasteiger partial charge in [-0.15, -0.1) is 0 Å². The molecule has 0 saturated heterocycles. The van der Waals surface area contributed by atoms with Gasteiger partial charge in [-0.25, -0.2) is 0 Å². The van der Waals surface area contributed by atoms with E-state index in [1.807, 2.05) is 42.6 Å². The van der Waals surface area contributed by atoms with Crippen molar-refractivity contribution in [1.82, 2.24) is 4.98 Å². The third-order valence-corrected chi connectivity index (χ3v) is 3.59. The van der Waals surface area contributed by atoms with Crippen LogP contribution >= 0.6 is 15.9 Å². The molecule has 0 aliphatic rings. The fourth-order valence-corrected chi connectivity index (χ4v) is 2.24. The van der Waals surface area contributed by atoms with Gasteiger partial charge in [0.15, 0.2) is 0 Å². The van der Waals surface area contributed by atoms with Gasteiger partial charge in [-0.3, -0.25) is 4.98 Å². The van der Waals surface area contributed by atoms with Crippen LogP contribution in [-0.4, -0.2) is 11.5 Å². The Labute approximate surface area is 122 Å². The summed E-state index contributed by atoms with van der Waals surface area (Å²) >= 11 is 3.41. The molecule has 0 saturated carbocycles. The molecule has 0 aliphatic carbocycles. The van der Waals surface area contributed by atoms with Crippen molar-refractivity contribution in [2.45, 2.75) is 19.3 Å². The molecule has 19 heavy (non-hydrogen) atoms. The minimum atomic E-state index is -0.0548. The zero-order valence-electron chi connectivity index (χ0n) is 11.2. The Morgan fingerprint density at radius 2 is 2.05 bits per heavy atom. The fourth-order valence-electron chi connectivity index (χ4n) is 1.86. The maximum Gasteiger partial charge on any atom is 0.0575 e. The first kappa shape index (κ1) is 13.9. The van der Waals surface area contributed by atoms with Gasteiger partial charge in [0.2, 0.25) is 0 Å². The molecule has 0 fully saturated rings. The Hall–Kier alpha value is -1.55. The summed E-state index contributed by atoms with van der Waals surface area (Å²) in [6, 6.07) is 11.8. The van der Waals surface area contributed by atoms with E-state index >= 15 is 0 Å². The second kappa shape index (κ2) is 5.61. The summed E-state index contributed by atoms with van der Waals surface area (Å²) < 4.78 is 0.986. The average Bonchev–Trinajstić information content (AvgIpc) is 2.39. The van der Waals surface area contributed by atoms with Crippen molar-refractivity contribution in [2.24, 2.45) is 0 Å². The highest BCUT2D eigenvalue weighted by atomic mass is 79.9. The lowest BCUT2D eigenvalue weighted by Gasteiger charge is -2.25. The molecule has 3 nitrogen and oxygen atoms in total. The van der Waals surface area contributed by atoms with Gasteiger partial charge in [0, 0.05) is 28.3 Å². The van der Waals surface area contributed by atoms with E-state index in [9.17, 15) is 0 Å². The van der Waals surface area contributed by atoms with Crippen LogP contribution in [0.2, 0.25) is 0 Å². The zero-order chi connectivity index (χ0) is 13.9. The number of halogens is 1. The normalized spacial score (nSPS) is 11.3. The quantitative estimate of drug-likeness (QED) is 0.842. The summed E-state index contributed by atoms with van der Waals surface area (Å²) in [5.41, 5.74) is 8.69. The topological polar surface area (TPSA) is 50.9 Å². The smallest absolute Gasteiger partial charge is 0.0575 e. The number of nitrogen functional groups attached to an aromatic ring is 1. The molecule has 0 bridgehead atoms. The second-order valence-corrected chi connectivity index (χ2v) is 6.10. The highest BCUT2D eigenvalue weighted by Crippen LogP contribution is 2.26. The van der Waals surface area contributed by atoms with E-state index in [1.165, 1.54) is 0 Å². The van der Waals surface area contributed by atoms with E-state index in [-0.39, 0.29) is 5.41 Å². The lowest BCUT2D eigenvalue weighted by Crippen LogP contribution is -2.28. The Balaban J connectivity index is 2.09. The van der Waals surface area contributed by atoms with Crippen LogP contribution in [0.4, 0.5) is 11.4 Å². The molecule has 0 atom stereocenters. The van der Waals surface area contributed by atoms with Crippen LogP contribution in [0.3, 0.4) is 0 Å². The Bertz CT molecular complexity index is 553. The molecule has 1 aromatic heterocycles. The van der Waals surface area contributed by atoms with Crippen molar-refractivity contribution in [3.63, 3.8) is 0 Å². The summed E-state index contributed by atoms with van der Waals surface area (Å²) in [6.07, 6.45) is 1.82. The van der Waals surface area contributed by atoms with Gasteiger partial charge < -0.3 is 11.1 Å². The van der Waals surface area contributed by atoms with Gasteiger partial charge in [-0.1, -0.05) is 35.8 Å². The van der Waals surface area contributed by atoms with Crippen LogP contribution < -0.4 is 11.1 Å². The lowest BCUT2D eigenvalue weighted by molar-refractivity contribution is 0.538. The van der Waals surface area contributed by atoms with Crippen LogP contribution in [0.1, 0.15) is 19.5 Å². The van der Waals surface area contributed by atoms with E-state index in [0.717, 1.165) is 28.1 Å². The number of pyridine rings is 1. The number of nitrogens with one attached hydrogen (secondary N) is 1. The monoisotopic (exact) mass is 319 g/mol. The van der Waals surface area contributed by atoms with E-state index in [4.69, 9.17) is 5.73 Å². The first-order valence-corrected chi connectivity index (χ1v) is 6.99. The molecule has 4 heteroatoms. The van der Waals surface area contributed by atoms with Gasteiger partial charge in [-0.05, 0) is 30.3 Å². The SMILES string of the molecule is CC(C)(CNc1ccc(Br)cc1N)c1ccccn1. The molecule has 1 heterocycles. The number of nitrogens with zero attached hydrogens (tertiary/aromatic N) is 1. The summed E-state index contributed by atoms with van der Waals surface area (Å²) in [6.45, 7) is 5.10. The van der Waals surface area contributed by atoms with Crippen molar-refractivity contribution in [3.8, 4) is 0 Å². The van der Waals surface area contributed by atoms with Crippen LogP contribution in [0.25, 0.3) is 0 Å². The number of nitrogens with two attached hydrogens (primary N) is 1. The summed E-state index contributed by atoms with van der Waals surface area (Å²) in [4.78, 5) is 4.42. The minimum absolute atomic E-state index is 0.0548. The van der Waals surface area contributed by atoms with E-state index in [1.54, 1.807) is 0 Å². The number of aromatic nitrogens is 1. The first-order chi connectivity index (χ1) is 8.99. The molecule has 0 radical (unpaired) electrons. The number of anilines is 2. The minimum Gasteiger partial charge on any atom is -0.397 e. The number of hydrogen-bond donors (Lipinski definition) is 2. The average molecular weight is 320 g/mol. The van der Waals surface area contributed by atoms with Crippen LogP contribution in [0, 0.1) is 0 Å². The summed E-state index contributed by atoms with van der Waals surface area (Å²) in [5, 5.41) is 3.39. The number of benzene rings is 1. The summed E-state index contributed by atoms with van der Waals surface area (Å²) in [5.74, 6) is 0. The van der Waals surface area contributed by atoms with Gasteiger partial charge in [0.25, 0.3) is 0 Å². The fraction of sp³-hybridized carbons (Fsp3) is 0.267. The first-order valence-electron chi connectivity index (χ1n) is 6.19. The molecular formula is C15H18BrN3.